The number of carboxylic acids is 1. The average molecular weight is 1160 g/mol. The first kappa shape index (κ1) is 79.5. The molecule has 0 spiro atoms. The topological polar surface area (TPSA) is 108 Å². The van der Waals surface area contributed by atoms with Gasteiger partial charge in [-0.25, -0.2) is 4.79 Å². The molecule has 9 nitrogen and oxygen atoms in total. The van der Waals surface area contributed by atoms with Crippen LogP contribution in [0.25, 0.3) is 0 Å². The minimum atomic E-state index is -1.52. The van der Waals surface area contributed by atoms with Gasteiger partial charge in [-0.15, -0.1) is 0 Å². The van der Waals surface area contributed by atoms with Crippen LogP contribution in [-0.4, -0.2) is 87.4 Å². The maximum atomic E-state index is 12.9. The fourth-order valence-electron chi connectivity index (χ4n) is 9.84. The van der Waals surface area contributed by atoms with Crippen LogP contribution in [0.2, 0.25) is 0 Å². The Balaban J connectivity index is 4.00. The van der Waals surface area contributed by atoms with Crippen molar-refractivity contribution in [1.82, 2.24) is 0 Å². The summed E-state index contributed by atoms with van der Waals surface area (Å²) >= 11 is 0. The number of esters is 2. The summed E-state index contributed by atoms with van der Waals surface area (Å²) in [4.78, 5) is 37.5. The second kappa shape index (κ2) is 64.5. The summed E-state index contributed by atoms with van der Waals surface area (Å²) in [5.74, 6) is -2.01. The number of allylic oxidation sites excluding steroid dienone is 14. The van der Waals surface area contributed by atoms with Gasteiger partial charge in [0.05, 0.1) is 34.4 Å². The van der Waals surface area contributed by atoms with Gasteiger partial charge < -0.3 is 28.5 Å². The maximum Gasteiger partial charge on any atom is 0.361 e. The van der Waals surface area contributed by atoms with Gasteiger partial charge >= 0.3 is 17.9 Å². The van der Waals surface area contributed by atoms with Crippen molar-refractivity contribution in [2.24, 2.45) is 0 Å². The summed E-state index contributed by atoms with van der Waals surface area (Å²) in [6.45, 7) is 4.75. The number of nitrogens with zero attached hydrogens (tertiary/aromatic N) is 1. The molecule has 0 aromatic rings. The molecule has 0 fully saturated rings. The van der Waals surface area contributed by atoms with Gasteiger partial charge in [-0.2, -0.15) is 0 Å². The van der Waals surface area contributed by atoms with Crippen molar-refractivity contribution in [2.75, 3.05) is 47.5 Å². The van der Waals surface area contributed by atoms with Crippen LogP contribution in [0.5, 0.6) is 0 Å². The Kier molecular flexibility index (Phi) is 61.7. The highest BCUT2D eigenvalue weighted by Gasteiger charge is 2.25. The molecule has 0 saturated carbocycles. The van der Waals surface area contributed by atoms with Gasteiger partial charge in [0.25, 0.3) is 6.29 Å². The molecule has 0 amide bonds. The third-order valence-electron chi connectivity index (χ3n) is 15.1. The largest absolute Gasteiger partial charge is 0.477 e. The van der Waals surface area contributed by atoms with Crippen molar-refractivity contribution in [2.45, 2.75) is 322 Å². The zero-order valence-electron chi connectivity index (χ0n) is 54.8. The van der Waals surface area contributed by atoms with Gasteiger partial charge in [-0.05, 0) is 89.9 Å². The summed E-state index contributed by atoms with van der Waals surface area (Å²) in [6, 6.07) is 0. The van der Waals surface area contributed by atoms with Crippen molar-refractivity contribution in [1.29, 1.82) is 0 Å². The highest BCUT2D eigenvalue weighted by molar-refractivity contribution is 5.71. The van der Waals surface area contributed by atoms with Crippen LogP contribution >= 0.6 is 0 Å². The van der Waals surface area contributed by atoms with Gasteiger partial charge in [-0.1, -0.05) is 292 Å². The number of ether oxygens (including phenoxy) is 4. The van der Waals surface area contributed by atoms with E-state index in [0.717, 1.165) is 89.9 Å². The summed E-state index contributed by atoms with van der Waals surface area (Å²) in [7, 11) is 5.97. The SMILES string of the molecule is CC/C=C\C/C=C\C/C=C\C/C=C\CCCCCCCCCCCCCCCCCCCCCCCCCCCCC(=O)OC(COC(=O)CCCCCCCC/C=C\C/C=C\C/C=C\CCCCC)COC(OCC[N+](C)(C)C)C(=O)O. The Bertz CT molecular complexity index is 1640. The number of carbonyl (C=O) groups excluding carboxylic acids is 2. The number of hydrogen-bond acceptors (Lipinski definition) is 7. The third-order valence-corrected chi connectivity index (χ3v) is 15.1. The molecule has 9 heteroatoms. The number of unbranched alkanes of at least 4 members (excludes halogenated alkanes) is 35. The molecule has 2 atom stereocenters. The van der Waals surface area contributed by atoms with Crippen LogP contribution in [0.3, 0.4) is 0 Å². The van der Waals surface area contributed by atoms with Gasteiger partial charge in [-0.3, -0.25) is 9.59 Å². The first-order valence-electron chi connectivity index (χ1n) is 34.8. The summed E-state index contributed by atoms with van der Waals surface area (Å²) in [6.07, 6.45) is 84.2. The monoisotopic (exact) mass is 1160 g/mol. The minimum Gasteiger partial charge on any atom is -0.477 e. The molecule has 0 radical (unpaired) electrons. The molecule has 0 aromatic heterocycles. The quantitative estimate of drug-likeness (QED) is 0.0211. The molecule has 0 heterocycles. The Morgan fingerprint density at radius 2 is 0.687 bits per heavy atom. The van der Waals surface area contributed by atoms with Crippen molar-refractivity contribution < 1.29 is 42.9 Å². The molecular weight excluding hydrogens is 1030 g/mol. The lowest BCUT2D eigenvalue weighted by molar-refractivity contribution is -0.870. The zero-order valence-corrected chi connectivity index (χ0v) is 54.8. The van der Waals surface area contributed by atoms with Crippen molar-refractivity contribution in [3.63, 3.8) is 0 Å². The predicted octanol–water partition coefficient (Wildman–Crippen LogP) is 21.5. The van der Waals surface area contributed by atoms with Gasteiger partial charge in [0, 0.05) is 12.8 Å². The number of carbonyl (C=O) groups is 3. The first-order valence-corrected chi connectivity index (χ1v) is 34.8. The number of hydrogen-bond donors (Lipinski definition) is 1. The van der Waals surface area contributed by atoms with Crippen LogP contribution in [0.1, 0.15) is 309 Å². The summed E-state index contributed by atoms with van der Waals surface area (Å²) in [5, 5.41) is 9.73. The van der Waals surface area contributed by atoms with E-state index in [-0.39, 0.29) is 38.6 Å². The molecule has 0 aliphatic heterocycles. The fourth-order valence-corrected chi connectivity index (χ4v) is 9.84. The van der Waals surface area contributed by atoms with Crippen LogP contribution < -0.4 is 0 Å². The third kappa shape index (κ3) is 65.9. The number of rotatable bonds is 64. The van der Waals surface area contributed by atoms with E-state index in [1.807, 2.05) is 21.1 Å². The lowest BCUT2D eigenvalue weighted by atomic mass is 10.0. The summed E-state index contributed by atoms with van der Waals surface area (Å²) in [5.41, 5.74) is 0. The Morgan fingerprint density at radius 1 is 0.373 bits per heavy atom. The van der Waals surface area contributed by atoms with E-state index in [1.54, 1.807) is 0 Å². The lowest BCUT2D eigenvalue weighted by Crippen LogP contribution is -2.40. The van der Waals surface area contributed by atoms with E-state index in [9.17, 15) is 19.5 Å². The van der Waals surface area contributed by atoms with Gasteiger partial charge in [0.15, 0.2) is 6.10 Å². The molecule has 0 aliphatic carbocycles. The Labute approximate surface area is 512 Å². The molecule has 480 valence electrons. The van der Waals surface area contributed by atoms with Gasteiger partial charge in [0.1, 0.15) is 13.2 Å². The molecule has 83 heavy (non-hydrogen) atoms. The zero-order chi connectivity index (χ0) is 60.5. The van der Waals surface area contributed by atoms with Crippen molar-refractivity contribution >= 4 is 17.9 Å². The van der Waals surface area contributed by atoms with Crippen LogP contribution in [0, 0.1) is 0 Å². The number of carboxylic acid groups (broad SMARTS) is 1. The molecule has 2 unspecified atom stereocenters. The highest BCUT2D eigenvalue weighted by atomic mass is 16.7. The second-order valence-corrected chi connectivity index (χ2v) is 24.5. The van der Waals surface area contributed by atoms with E-state index >= 15 is 0 Å². The molecular formula is C74H132NO8+. The number of likely N-dealkylation sites (N-methyl/N-ethyl adjacent to an activating group) is 1. The van der Waals surface area contributed by atoms with Gasteiger partial charge in [0.2, 0.25) is 0 Å². The molecule has 0 aliphatic rings. The standard InChI is InChI=1S/C74H131NO8/c1-6-8-10-12-14-16-18-20-22-24-26-27-28-29-30-31-32-33-34-35-36-37-38-39-40-41-42-43-44-45-47-49-51-53-55-57-59-61-63-65-72(77)83-70(69-82-74(73(78)79)80-67-66-75(3,4)5)68-81-71(76)64-62-60-58-56-54-52-50-48-46-25-23-21-19-17-15-13-11-9-7-2/h8,10,14-17,20-23,26-27,46,48,70,74H,6-7,9,11-13,18-19,24-25,28-45,47,49-69H2,1-5H3/p+1/b10-8-,16-14-,17-15-,22-20-,23-21-,27-26-,48-46-. The molecule has 0 saturated heterocycles. The molecule has 0 aromatic carbocycles. The van der Waals surface area contributed by atoms with Crippen LogP contribution in [-0.2, 0) is 33.3 Å². The number of aliphatic carboxylic acids is 1. The second-order valence-electron chi connectivity index (χ2n) is 24.5. The van der Waals surface area contributed by atoms with E-state index in [2.05, 4.69) is 98.9 Å². The lowest BCUT2D eigenvalue weighted by Gasteiger charge is -2.25. The smallest absolute Gasteiger partial charge is 0.361 e. The molecule has 0 rings (SSSR count). The minimum absolute atomic E-state index is 0.185. The molecule has 1 N–H and O–H groups in total. The summed E-state index contributed by atoms with van der Waals surface area (Å²) < 4.78 is 22.9. The maximum absolute atomic E-state index is 12.9. The first-order chi connectivity index (χ1) is 40.6. The van der Waals surface area contributed by atoms with E-state index in [0.29, 0.717) is 11.0 Å². The van der Waals surface area contributed by atoms with Crippen molar-refractivity contribution in [3.05, 3.63) is 85.1 Å². The Morgan fingerprint density at radius 3 is 1.02 bits per heavy atom. The van der Waals surface area contributed by atoms with E-state index in [4.69, 9.17) is 18.9 Å². The Hall–Kier alpha value is -3.53. The van der Waals surface area contributed by atoms with E-state index < -0.39 is 24.3 Å². The van der Waals surface area contributed by atoms with E-state index in [1.165, 1.54) is 193 Å². The number of quaternary nitrogens is 1. The van der Waals surface area contributed by atoms with Crippen LogP contribution in [0.15, 0.2) is 85.1 Å². The normalized spacial score (nSPS) is 13.2. The van der Waals surface area contributed by atoms with Crippen LogP contribution in [0.4, 0.5) is 0 Å². The van der Waals surface area contributed by atoms with Crippen molar-refractivity contribution in [3.8, 4) is 0 Å². The highest BCUT2D eigenvalue weighted by Crippen LogP contribution is 2.18. The predicted molar refractivity (Wildman–Crippen MR) is 355 cm³/mol. The fraction of sp³-hybridized carbons (Fsp3) is 0.770. The average Bonchev–Trinajstić information content (AvgIpc) is 3.46. The molecule has 0 bridgehead atoms.